The van der Waals surface area contributed by atoms with Gasteiger partial charge in [-0.2, -0.15) is 0 Å². The van der Waals surface area contributed by atoms with Crippen LogP contribution in [0.25, 0.3) is 0 Å². The van der Waals surface area contributed by atoms with E-state index in [1.165, 1.54) is 17.7 Å². The monoisotopic (exact) mass is 364 g/mol. The number of aromatic nitrogens is 2. The number of hydrogen-bond acceptors (Lipinski definition) is 6. The standard InChI is InChI=1S/C17H21ClN4OS/c18-15-10-16(21-17(20-15)12-3-4-12)19-11-13(14-2-1-9-24-14)22-5-7-23-8-6-22/h1-2,9-10,12-13H,3-8,11H2,(H,19,20,21). The molecule has 1 unspecified atom stereocenters. The predicted octanol–water partition coefficient (Wildman–Crippen LogP) is 3.55. The lowest BCUT2D eigenvalue weighted by molar-refractivity contribution is 0.0194. The molecule has 4 rings (SSSR count). The van der Waals surface area contributed by atoms with Crippen molar-refractivity contribution in [3.8, 4) is 0 Å². The number of morpholine rings is 1. The largest absolute Gasteiger partial charge is 0.379 e. The van der Waals surface area contributed by atoms with Crippen LogP contribution in [-0.2, 0) is 4.74 Å². The summed E-state index contributed by atoms with van der Waals surface area (Å²) >= 11 is 7.97. The highest BCUT2D eigenvalue weighted by Gasteiger charge is 2.28. The van der Waals surface area contributed by atoms with E-state index < -0.39 is 0 Å². The SMILES string of the molecule is Clc1cc(NCC(c2cccs2)N2CCOCC2)nc(C2CC2)n1. The van der Waals surface area contributed by atoms with Gasteiger partial charge in [0, 0.05) is 36.5 Å². The molecule has 0 amide bonds. The summed E-state index contributed by atoms with van der Waals surface area (Å²) in [7, 11) is 0. The number of ether oxygens (including phenoxy) is 1. The maximum atomic E-state index is 6.17. The molecule has 1 atom stereocenters. The van der Waals surface area contributed by atoms with E-state index in [-0.39, 0.29) is 0 Å². The lowest BCUT2D eigenvalue weighted by Gasteiger charge is -2.34. The molecule has 0 spiro atoms. The second kappa shape index (κ2) is 7.35. The number of halogens is 1. The molecule has 2 aromatic rings. The van der Waals surface area contributed by atoms with Crippen molar-refractivity contribution in [2.45, 2.75) is 24.8 Å². The van der Waals surface area contributed by atoms with Gasteiger partial charge in [0.2, 0.25) is 0 Å². The Labute approximate surface area is 151 Å². The highest BCUT2D eigenvalue weighted by atomic mass is 35.5. The van der Waals surface area contributed by atoms with Crippen LogP contribution >= 0.6 is 22.9 Å². The Morgan fingerprint density at radius 1 is 1.33 bits per heavy atom. The molecule has 1 aliphatic heterocycles. The van der Waals surface area contributed by atoms with E-state index in [0.717, 1.165) is 44.5 Å². The first-order valence-electron chi connectivity index (χ1n) is 8.43. The summed E-state index contributed by atoms with van der Waals surface area (Å²) in [6, 6.07) is 6.46. The van der Waals surface area contributed by atoms with Crippen LogP contribution < -0.4 is 5.32 Å². The molecule has 0 bridgehead atoms. The predicted molar refractivity (Wildman–Crippen MR) is 97.0 cm³/mol. The summed E-state index contributed by atoms with van der Waals surface area (Å²) in [6.45, 7) is 4.32. The van der Waals surface area contributed by atoms with E-state index in [4.69, 9.17) is 16.3 Å². The third kappa shape index (κ3) is 3.88. The van der Waals surface area contributed by atoms with Gasteiger partial charge in [-0.3, -0.25) is 4.90 Å². The number of hydrogen-bond donors (Lipinski definition) is 1. The van der Waals surface area contributed by atoms with Gasteiger partial charge in [-0.25, -0.2) is 9.97 Å². The molecule has 1 saturated heterocycles. The molecule has 1 saturated carbocycles. The van der Waals surface area contributed by atoms with Crippen LogP contribution in [0.2, 0.25) is 5.15 Å². The lowest BCUT2D eigenvalue weighted by Crippen LogP contribution is -2.41. The van der Waals surface area contributed by atoms with E-state index in [9.17, 15) is 0 Å². The van der Waals surface area contributed by atoms with Gasteiger partial charge < -0.3 is 10.1 Å². The molecule has 3 heterocycles. The van der Waals surface area contributed by atoms with Crippen molar-refractivity contribution >= 4 is 28.8 Å². The average molecular weight is 365 g/mol. The van der Waals surface area contributed by atoms with Crippen molar-refractivity contribution in [2.75, 3.05) is 38.2 Å². The topological polar surface area (TPSA) is 50.3 Å². The van der Waals surface area contributed by atoms with Crippen LogP contribution in [0.5, 0.6) is 0 Å². The highest BCUT2D eigenvalue weighted by molar-refractivity contribution is 7.10. The minimum atomic E-state index is 0.326. The first-order chi connectivity index (χ1) is 11.8. The summed E-state index contributed by atoms with van der Waals surface area (Å²) in [6.07, 6.45) is 2.34. The van der Waals surface area contributed by atoms with Gasteiger partial charge in [-0.15, -0.1) is 11.3 Å². The van der Waals surface area contributed by atoms with Gasteiger partial charge in [-0.05, 0) is 24.3 Å². The molecule has 2 fully saturated rings. The molecule has 0 radical (unpaired) electrons. The highest BCUT2D eigenvalue weighted by Crippen LogP contribution is 2.38. The molecular weight excluding hydrogens is 344 g/mol. The Hall–Kier alpha value is -1.21. The fourth-order valence-corrected chi connectivity index (χ4v) is 4.08. The fraction of sp³-hybridized carbons (Fsp3) is 0.529. The van der Waals surface area contributed by atoms with Crippen molar-refractivity contribution in [1.29, 1.82) is 0 Å². The van der Waals surface area contributed by atoms with Crippen molar-refractivity contribution in [1.82, 2.24) is 14.9 Å². The molecule has 7 heteroatoms. The van der Waals surface area contributed by atoms with Gasteiger partial charge in [0.05, 0.1) is 19.3 Å². The van der Waals surface area contributed by atoms with Gasteiger partial charge in [-0.1, -0.05) is 17.7 Å². The Balaban J connectivity index is 1.48. The Kier molecular flexibility index (Phi) is 4.98. The van der Waals surface area contributed by atoms with E-state index in [1.807, 2.05) is 6.07 Å². The summed E-state index contributed by atoms with van der Waals surface area (Å²) in [5.41, 5.74) is 0. The third-order valence-electron chi connectivity index (χ3n) is 4.49. The van der Waals surface area contributed by atoms with Crippen LogP contribution in [0.15, 0.2) is 23.6 Å². The summed E-state index contributed by atoms with van der Waals surface area (Å²) < 4.78 is 5.50. The van der Waals surface area contributed by atoms with Gasteiger partial charge >= 0.3 is 0 Å². The second-order valence-corrected chi connectivity index (χ2v) is 7.64. The number of thiophene rings is 1. The van der Waals surface area contributed by atoms with E-state index in [1.54, 1.807) is 11.3 Å². The number of anilines is 1. The zero-order valence-electron chi connectivity index (χ0n) is 13.4. The van der Waals surface area contributed by atoms with Crippen LogP contribution in [-0.4, -0.2) is 47.7 Å². The zero-order chi connectivity index (χ0) is 16.4. The average Bonchev–Trinajstić information content (AvgIpc) is 3.32. The minimum absolute atomic E-state index is 0.326. The quantitative estimate of drug-likeness (QED) is 0.794. The molecule has 1 aliphatic carbocycles. The molecule has 2 aromatic heterocycles. The molecule has 0 aromatic carbocycles. The van der Waals surface area contributed by atoms with Crippen molar-refractivity contribution in [2.24, 2.45) is 0 Å². The van der Waals surface area contributed by atoms with E-state index >= 15 is 0 Å². The normalized spacial score (nSPS) is 20.0. The van der Waals surface area contributed by atoms with E-state index in [2.05, 4.69) is 37.7 Å². The van der Waals surface area contributed by atoms with Crippen LogP contribution in [0, 0.1) is 0 Å². The maximum Gasteiger partial charge on any atom is 0.135 e. The smallest absolute Gasteiger partial charge is 0.135 e. The summed E-state index contributed by atoms with van der Waals surface area (Å²) in [5.74, 6) is 2.20. The van der Waals surface area contributed by atoms with Crippen LogP contribution in [0.1, 0.15) is 35.5 Å². The molecule has 24 heavy (non-hydrogen) atoms. The summed E-state index contributed by atoms with van der Waals surface area (Å²) in [4.78, 5) is 12.8. The first-order valence-corrected chi connectivity index (χ1v) is 9.69. The van der Waals surface area contributed by atoms with Crippen molar-refractivity contribution < 1.29 is 4.74 Å². The minimum Gasteiger partial charge on any atom is -0.379 e. The molecule has 2 aliphatic rings. The van der Waals surface area contributed by atoms with Crippen LogP contribution in [0.4, 0.5) is 5.82 Å². The third-order valence-corrected chi connectivity index (χ3v) is 5.66. The fourth-order valence-electron chi connectivity index (χ4n) is 3.03. The van der Waals surface area contributed by atoms with Gasteiger partial charge in [0.1, 0.15) is 16.8 Å². The number of rotatable bonds is 6. The second-order valence-electron chi connectivity index (χ2n) is 6.27. The van der Waals surface area contributed by atoms with E-state index in [0.29, 0.717) is 17.1 Å². The molecule has 1 N–H and O–H groups in total. The van der Waals surface area contributed by atoms with Crippen molar-refractivity contribution in [3.63, 3.8) is 0 Å². The first kappa shape index (κ1) is 16.3. The Morgan fingerprint density at radius 2 is 2.17 bits per heavy atom. The van der Waals surface area contributed by atoms with Crippen molar-refractivity contribution in [3.05, 3.63) is 39.4 Å². The van der Waals surface area contributed by atoms with Gasteiger partial charge in [0.15, 0.2) is 0 Å². The number of nitrogens with one attached hydrogen (secondary N) is 1. The number of nitrogens with zero attached hydrogens (tertiary/aromatic N) is 3. The maximum absolute atomic E-state index is 6.17. The van der Waals surface area contributed by atoms with Gasteiger partial charge in [0.25, 0.3) is 0 Å². The molecule has 5 nitrogen and oxygen atoms in total. The summed E-state index contributed by atoms with van der Waals surface area (Å²) in [5, 5.41) is 6.14. The Bertz CT molecular complexity index is 671. The molecular formula is C17H21ClN4OS. The zero-order valence-corrected chi connectivity index (χ0v) is 15.0. The molecule has 128 valence electrons. The van der Waals surface area contributed by atoms with Crippen LogP contribution in [0.3, 0.4) is 0 Å². The Morgan fingerprint density at radius 3 is 2.88 bits per heavy atom. The lowest BCUT2D eigenvalue weighted by atomic mass is 10.2.